The van der Waals surface area contributed by atoms with Gasteiger partial charge in [0.05, 0.1) is 0 Å². The summed E-state index contributed by atoms with van der Waals surface area (Å²) in [5.41, 5.74) is 6.91. The van der Waals surface area contributed by atoms with E-state index in [0.717, 1.165) is 10.9 Å². The van der Waals surface area contributed by atoms with Gasteiger partial charge in [-0.1, -0.05) is 6.92 Å². The van der Waals surface area contributed by atoms with Crippen molar-refractivity contribution in [3.63, 3.8) is 0 Å². The molecule has 4 heteroatoms. The van der Waals surface area contributed by atoms with Gasteiger partial charge >= 0.3 is 0 Å². The fourth-order valence-corrected chi connectivity index (χ4v) is 1.71. The summed E-state index contributed by atoms with van der Waals surface area (Å²) in [6, 6.07) is 5.60. The fraction of sp³-hybridized carbons (Fsp3) is 0.364. The van der Waals surface area contributed by atoms with Crippen LogP contribution in [0, 0.1) is 5.92 Å². The van der Waals surface area contributed by atoms with Crippen LogP contribution in [-0.4, -0.2) is 11.9 Å². The lowest BCUT2D eigenvalue weighted by atomic mass is 10.2. The molecule has 80 valence electrons. The van der Waals surface area contributed by atoms with E-state index < -0.39 is 0 Å². The minimum atomic E-state index is -0.0384. The van der Waals surface area contributed by atoms with Gasteiger partial charge in [-0.15, -0.1) is 0 Å². The zero-order valence-corrected chi connectivity index (χ0v) is 10.0. The number of carbonyl (C=O) groups is 1. The molecule has 3 N–H and O–H groups in total. The lowest BCUT2D eigenvalue weighted by Crippen LogP contribution is -2.26. The van der Waals surface area contributed by atoms with Gasteiger partial charge in [0.15, 0.2) is 0 Å². The van der Waals surface area contributed by atoms with Crippen molar-refractivity contribution in [1.29, 1.82) is 0 Å². The molecule has 0 bridgehead atoms. The Hall–Kier alpha value is -1.03. The molecule has 1 amide bonds. The zero-order chi connectivity index (χ0) is 11.0. The van der Waals surface area contributed by atoms with Gasteiger partial charge in [-0.05, 0) is 46.5 Å². The van der Waals surface area contributed by atoms with Crippen LogP contribution in [0.15, 0.2) is 22.7 Å². The van der Waals surface area contributed by atoms with Gasteiger partial charge in [0.25, 0.3) is 5.91 Å². The Labute approximate surface area is 97.2 Å². The van der Waals surface area contributed by atoms with Gasteiger partial charge in [-0.3, -0.25) is 4.79 Å². The number of halogens is 1. The molecule has 1 aromatic rings. The molecule has 1 saturated carbocycles. The molecule has 2 atom stereocenters. The highest BCUT2D eigenvalue weighted by Gasteiger charge is 2.33. The van der Waals surface area contributed by atoms with E-state index in [1.165, 1.54) is 0 Å². The second-order valence-electron chi connectivity index (χ2n) is 4.03. The Kier molecular flexibility index (Phi) is 2.69. The van der Waals surface area contributed by atoms with E-state index in [1.54, 1.807) is 18.2 Å². The lowest BCUT2D eigenvalue weighted by molar-refractivity contribution is 0.0949. The number of nitrogen functional groups attached to an aromatic ring is 1. The average molecular weight is 269 g/mol. The third-order valence-electron chi connectivity index (χ3n) is 2.68. The molecule has 0 saturated heterocycles. The largest absolute Gasteiger partial charge is 0.398 e. The van der Waals surface area contributed by atoms with Crippen molar-refractivity contribution < 1.29 is 4.79 Å². The predicted octanol–water partition coefficient (Wildman–Crippen LogP) is 2.17. The molecule has 2 rings (SSSR count). The zero-order valence-electron chi connectivity index (χ0n) is 8.46. The third kappa shape index (κ3) is 2.31. The minimum Gasteiger partial charge on any atom is -0.398 e. The van der Waals surface area contributed by atoms with Gasteiger partial charge in [0, 0.05) is 21.8 Å². The van der Waals surface area contributed by atoms with Crippen LogP contribution in [0.3, 0.4) is 0 Å². The Morgan fingerprint density at radius 2 is 2.27 bits per heavy atom. The SMILES string of the molecule is CC1CC1NC(=O)c1ccc(Br)c(N)c1. The Morgan fingerprint density at radius 3 is 2.80 bits per heavy atom. The number of benzene rings is 1. The van der Waals surface area contributed by atoms with Crippen molar-refractivity contribution in [2.24, 2.45) is 5.92 Å². The molecule has 15 heavy (non-hydrogen) atoms. The predicted molar refractivity (Wildman–Crippen MR) is 63.6 cm³/mol. The number of carbonyl (C=O) groups excluding carboxylic acids is 1. The summed E-state index contributed by atoms with van der Waals surface area (Å²) in [5.74, 6) is 0.574. The molecule has 3 nitrogen and oxygen atoms in total. The van der Waals surface area contributed by atoms with Crippen LogP contribution >= 0.6 is 15.9 Å². The normalized spacial score (nSPS) is 23.6. The Balaban J connectivity index is 2.08. The van der Waals surface area contributed by atoms with Crippen molar-refractivity contribution in [2.75, 3.05) is 5.73 Å². The van der Waals surface area contributed by atoms with Crippen LogP contribution in [0.5, 0.6) is 0 Å². The molecular formula is C11H13BrN2O. The summed E-state index contributed by atoms with van der Waals surface area (Å²) in [5, 5.41) is 2.96. The van der Waals surface area contributed by atoms with Crippen LogP contribution in [0.25, 0.3) is 0 Å². The van der Waals surface area contributed by atoms with Crippen LogP contribution in [0.2, 0.25) is 0 Å². The summed E-state index contributed by atoms with van der Waals surface area (Å²) < 4.78 is 0.818. The highest BCUT2D eigenvalue weighted by Crippen LogP contribution is 2.29. The minimum absolute atomic E-state index is 0.0384. The third-order valence-corrected chi connectivity index (χ3v) is 3.41. The van der Waals surface area contributed by atoms with E-state index in [2.05, 4.69) is 28.2 Å². The molecule has 0 radical (unpaired) electrons. The molecule has 0 aromatic heterocycles. The van der Waals surface area contributed by atoms with Gasteiger partial charge in [0.2, 0.25) is 0 Å². The van der Waals surface area contributed by atoms with Crippen LogP contribution in [0.4, 0.5) is 5.69 Å². The number of hydrogen-bond acceptors (Lipinski definition) is 2. The number of nitrogens with two attached hydrogens (primary N) is 1. The van der Waals surface area contributed by atoms with Crippen LogP contribution in [-0.2, 0) is 0 Å². The summed E-state index contributed by atoms with van der Waals surface area (Å²) in [6.45, 7) is 2.13. The van der Waals surface area contributed by atoms with Gasteiger partial charge in [0.1, 0.15) is 0 Å². The van der Waals surface area contributed by atoms with Crippen molar-refractivity contribution in [2.45, 2.75) is 19.4 Å². The fourth-order valence-electron chi connectivity index (χ4n) is 1.46. The smallest absolute Gasteiger partial charge is 0.251 e. The van der Waals surface area contributed by atoms with Crippen molar-refractivity contribution in [3.05, 3.63) is 28.2 Å². The maximum Gasteiger partial charge on any atom is 0.251 e. The summed E-state index contributed by atoms with van der Waals surface area (Å²) in [7, 11) is 0. The maximum absolute atomic E-state index is 11.7. The second kappa shape index (κ2) is 3.85. The molecule has 1 aliphatic rings. The highest BCUT2D eigenvalue weighted by atomic mass is 79.9. The van der Waals surface area contributed by atoms with E-state index in [9.17, 15) is 4.79 Å². The standard InChI is InChI=1S/C11H13BrN2O/c1-6-4-10(6)14-11(15)7-2-3-8(12)9(13)5-7/h2-3,5-6,10H,4,13H2,1H3,(H,14,15). The molecule has 0 spiro atoms. The summed E-state index contributed by atoms with van der Waals surface area (Å²) in [4.78, 5) is 11.7. The lowest BCUT2D eigenvalue weighted by Gasteiger charge is -2.05. The van der Waals surface area contributed by atoms with E-state index in [1.807, 2.05) is 0 Å². The van der Waals surface area contributed by atoms with Gasteiger partial charge < -0.3 is 11.1 Å². The Bertz CT molecular complexity index is 406. The molecule has 0 aliphatic heterocycles. The van der Waals surface area contributed by atoms with Crippen LogP contribution in [0.1, 0.15) is 23.7 Å². The number of amides is 1. The number of rotatable bonds is 2. The van der Waals surface area contributed by atoms with Crippen LogP contribution < -0.4 is 11.1 Å². The number of anilines is 1. The molecule has 0 heterocycles. The molecular weight excluding hydrogens is 256 g/mol. The van der Waals surface area contributed by atoms with E-state index in [0.29, 0.717) is 23.2 Å². The van der Waals surface area contributed by atoms with E-state index in [-0.39, 0.29) is 5.91 Å². The summed E-state index contributed by atoms with van der Waals surface area (Å²) in [6.07, 6.45) is 1.08. The first kappa shape index (κ1) is 10.5. The first-order valence-corrected chi connectivity index (χ1v) is 5.73. The Morgan fingerprint density at radius 1 is 1.60 bits per heavy atom. The highest BCUT2D eigenvalue weighted by molar-refractivity contribution is 9.10. The van der Waals surface area contributed by atoms with Gasteiger partial charge in [-0.25, -0.2) is 0 Å². The quantitative estimate of drug-likeness (QED) is 0.808. The van der Waals surface area contributed by atoms with Crippen molar-refractivity contribution in [3.8, 4) is 0 Å². The molecule has 1 fully saturated rings. The molecule has 1 aliphatic carbocycles. The summed E-state index contributed by atoms with van der Waals surface area (Å²) >= 11 is 3.29. The monoisotopic (exact) mass is 268 g/mol. The van der Waals surface area contributed by atoms with E-state index in [4.69, 9.17) is 5.73 Å². The topological polar surface area (TPSA) is 55.1 Å². The second-order valence-corrected chi connectivity index (χ2v) is 4.88. The molecule has 2 unspecified atom stereocenters. The van der Waals surface area contributed by atoms with Crippen molar-refractivity contribution >= 4 is 27.5 Å². The van der Waals surface area contributed by atoms with E-state index >= 15 is 0 Å². The maximum atomic E-state index is 11.7. The number of hydrogen-bond donors (Lipinski definition) is 2. The first-order valence-electron chi connectivity index (χ1n) is 4.94. The number of nitrogens with one attached hydrogen (secondary N) is 1. The van der Waals surface area contributed by atoms with Gasteiger partial charge in [-0.2, -0.15) is 0 Å². The first-order chi connectivity index (χ1) is 7.08. The average Bonchev–Trinajstić information content (AvgIpc) is 2.86. The molecule has 1 aromatic carbocycles. The van der Waals surface area contributed by atoms with Crippen molar-refractivity contribution in [1.82, 2.24) is 5.32 Å².